The van der Waals surface area contributed by atoms with Crippen LogP contribution in [0.5, 0.6) is 0 Å². The van der Waals surface area contributed by atoms with Crippen molar-refractivity contribution in [2.24, 2.45) is 0 Å². The van der Waals surface area contributed by atoms with Crippen molar-refractivity contribution in [3.05, 3.63) is 54.2 Å². The van der Waals surface area contributed by atoms with Gasteiger partial charge in [-0.15, -0.1) is 0 Å². The summed E-state index contributed by atoms with van der Waals surface area (Å²) >= 11 is 0. The van der Waals surface area contributed by atoms with Gasteiger partial charge in [0.05, 0.1) is 6.04 Å². The molecule has 12 heteroatoms. The van der Waals surface area contributed by atoms with Gasteiger partial charge in [-0.2, -0.15) is 31.4 Å². The van der Waals surface area contributed by atoms with Crippen molar-refractivity contribution < 1.29 is 26.3 Å². The Bertz CT molecular complexity index is 1050. The Morgan fingerprint density at radius 3 is 2.39 bits per heavy atom. The molecule has 1 saturated heterocycles. The average Bonchev–Trinajstić information content (AvgIpc) is 3.25. The molecule has 1 aliphatic heterocycles. The van der Waals surface area contributed by atoms with Gasteiger partial charge in [-0.1, -0.05) is 0 Å². The summed E-state index contributed by atoms with van der Waals surface area (Å²) in [5.41, 5.74) is -1.79. The van der Waals surface area contributed by atoms with E-state index in [4.69, 9.17) is 0 Å². The Hall–Kier alpha value is -3.18. The third-order valence-electron chi connectivity index (χ3n) is 4.92. The summed E-state index contributed by atoms with van der Waals surface area (Å²) in [6.45, 7) is 0.574. The van der Waals surface area contributed by atoms with E-state index in [1.165, 1.54) is 23.3 Å². The number of aromatic nitrogens is 5. The number of hydrogen-bond donors (Lipinski definition) is 0. The first kappa shape index (κ1) is 21.1. The molecule has 4 rings (SSSR count). The minimum Gasteiger partial charge on any atom is -0.354 e. The molecule has 3 aromatic rings. The molecule has 0 saturated carbocycles. The van der Waals surface area contributed by atoms with Gasteiger partial charge in [0, 0.05) is 43.3 Å². The van der Waals surface area contributed by atoms with E-state index >= 15 is 0 Å². The predicted octanol–water partition coefficient (Wildman–Crippen LogP) is 4.61. The lowest BCUT2D eigenvalue weighted by Gasteiger charge is -2.34. The highest BCUT2D eigenvalue weighted by molar-refractivity contribution is 5.57. The quantitative estimate of drug-likeness (QED) is 0.555. The summed E-state index contributed by atoms with van der Waals surface area (Å²) in [6.07, 6.45) is -4.08. The first-order valence-electron chi connectivity index (χ1n) is 9.35. The number of alkyl halides is 6. The summed E-state index contributed by atoms with van der Waals surface area (Å²) in [5.74, 6) is -0.0763. The van der Waals surface area contributed by atoms with Crippen LogP contribution in [0.1, 0.15) is 30.3 Å². The van der Waals surface area contributed by atoms with E-state index < -0.39 is 29.8 Å². The van der Waals surface area contributed by atoms with Gasteiger partial charge in [-0.05, 0) is 31.0 Å². The third kappa shape index (κ3) is 4.62. The van der Waals surface area contributed by atoms with Gasteiger partial charge in [0.25, 0.3) is 0 Å². The molecule has 1 unspecified atom stereocenters. The highest BCUT2D eigenvalue weighted by atomic mass is 19.4. The van der Waals surface area contributed by atoms with E-state index in [9.17, 15) is 26.3 Å². The van der Waals surface area contributed by atoms with Crippen molar-refractivity contribution >= 4 is 5.82 Å². The van der Waals surface area contributed by atoms with Crippen LogP contribution in [0.3, 0.4) is 0 Å². The number of rotatable bonds is 3. The standard InChI is InChI=1S/C19H16F6N6/c20-18(21,22)14-5-8-31(29-14)13-4-2-7-30(11-13)16-9-15(19(23,24)25)27-17(28-16)12-3-1-6-26-10-12/h1,3,5-6,8-10,13H,2,4,7,11H2. The van der Waals surface area contributed by atoms with Crippen molar-refractivity contribution in [2.75, 3.05) is 18.0 Å². The molecule has 1 fully saturated rings. The number of anilines is 1. The van der Waals surface area contributed by atoms with Crippen LogP contribution in [0.4, 0.5) is 32.2 Å². The van der Waals surface area contributed by atoms with Crippen molar-refractivity contribution in [1.82, 2.24) is 24.7 Å². The van der Waals surface area contributed by atoms with Crippen LogP contribution in [0.25, 0.3) is 11.4 Å². The lowest BCUT2D eigenvalue weighted by molar-refractivity contribution is -0.142. The van der Waals surface area contributed by atoms with Crippen molar-refractivity contribution in [2.45, 2.75) is 31.2 Å². The molecule has 0 aromatic carbocycles. The molecule has 0 aliphatic carbocycles. The second-order valence-corrected chi connectivity index (χ2v) is 7.10. The summed E-state index contributed by atoms with van der Waals surface area (Å²) in [6, 6.07) is 4.41. The second kappa shape index (κ2) is 7.82. The van der Waals surface area contributed by atoms with Crippen molar-refractivity contribution in [3.63, 3.8) is 0 Å². The van der Waals surface area contributed by atoms with Crippen LogP contribution in [-0.4, -0.2) is 37.8 Å². The fourth-order valence-corrected chi connectivity index (χ4v) is 3.44. The molecule has 0 radical (unpaired) electrons. The normalized spacial score (nSPS) is 17.7. The van der Waals surface area contributed by atoms with Gasteiger partial charge >= 0.3 is 12.4 Å². The lowest BCUT2D eigenvalue weighted by Crippen LogP contribution is -2.37. The van der Waals surface area contributed by atoms with Crippen molar-refractivity contribution in [3.8, 4) is 11.4 Å². The molecule has 3 aromatic heterocycles. The third-order valence-corrected chi connectivity index (χ3v) is 4.92. The number of halogens is 6. The topological polar surface area (TPSA) is 59.7 Å². The SMILES string of the molecule is FC(F)(F)c1cc(N2CCCC(n3ccc(C(F)(F)F)n3)C2)nc(-c2cccnc2)n1. The zero-order valence-electron chi connectivity index (χ0n) is 15.9. The van der Waals surface area contributed by atoms with E-state index in [1.807, 2.05) is 0 Å². The van der Waals surface area contributed by atoms with E-state index in [0.29, 0.717) is 24.9 Å². The maximum absolute atomic E-state index is 13.4. The Balaban J connectivity index is 1.66. The minimum absolute atomic E-state index is 0.0501. The molecule has 0 N–H and O–H groups in total. The van der Waals surface area contributed by atoms with E-state index in [1.54, 1.807) is 17.0 Å². The fraction of sp³-hybridized carbons (Fsp3) is 0.368. The van der Waals surface area contributed by atoms with E-state index in [2.05, 4.69) is 20.1 Å². The number of nitrogens with zero attached hydrogens (tertiary/aromatic N) is 6. The van der Waals surface area contributed by atoms with Crippen LogP contribution < -0.4 is 4.90 Å². The molecule has 1 atom stereocenters. The monoisotopic (exact) mass is 442 g/mol. The fourth-order valence-electron chi connectivity index (χ4n) is 3.44. The average molecular weight is 442 g/mol. The molecular weight excluding hydrogens is 426 g/mol. The van der Waals surface area contributed by atoms with Gasteiger partial charge < -0.3 is 4.90 Å². The maximum atomic E-state index is 13.4. The predicted molar refractivity (Wildman–Crippen MR) is 98.0 cm³/mol. The number of hydrogen-bond acceptors (Lipinski definition) is 5. The van der Waals surface area contributed by atoms with Crippen LogP contribution >= 0.6 is 0 Å². The first-order chi connectivity index (χ1) is 14.6. The van der Waals surface area contributed by atoms with Crippen LogP contribution in [-0.2, 0) is 12.4 Å². The zero-order valence-corrected chi connectivity index (χ0v) is 15.9. The molecule has 0 amide bonds. The van der Waals surface area contributed by atoms with Crippen LogP contribution in [0.2, 0.25) is 0 Å². The maximum Gasteiger partial charge on any atom is 0.435 e. The second-order valence-electron chi connectivity index (χ2n) is 7.10. The van der Waals surface area contributed by atoms with Crippen LogP contribution in [0, 0.1) is 0 Å². The van der Waals surface area contributed by atoms with Gasteiger partial charge in [0.1, 0.15) is 5.82 Å². The van der Waals surface area contributed by atoms with Gasteiger partial charge in [-0.25, -0.2) is 9.97 Å². The molecule has 0 bridgehead atoms. The minimum atomic E-state index is -4.69. The smallest absolute Gasteiger partial charge is 0.354 e. The highest BCUT2D eigenvalue weighted by Gasteiger charge is 2.36. The number of pyridine rings is 1. The summed E-state index contributed by atoms with van der Waals surface area (Å²) in [4.78, 5) is 13.4. The summed E-state index contributed by atoms with van der Waals surface area (Å²) < 4.78 is 80.1. The largest absolute Gasteiger partial charge is 0.435 e. The Morgan fingerprint density at radius 2 is 1.74 bits per heavy atom. The lowest BCUT2D eigenvalue weighted by atomic mass is 10.1. The Morgan fingerprint density at radius 1 is 0.968 bits per heavy atom. The molecule has 6 nitrogen and oxygen atoms in total. The first-order valence-corrected chi connectivity index (χ1v) is 9.35. The Labute approximate surface area is 172 Å². The number of piperidine rings is 1. The van der Waals surface area contributed by atoms with E-state index in [0.717, 1.165) is 12.1 Å². The molecular formula is C19H16F6N6. The molecule has 1 aliphatic rings. The molecule has 0 spiro atoms. The van der Waals surface area contributed by atoms with Gasteiger partial charge in [-0.3, -0.25) is 9.67 Å². The summed E-state index contributed by atoms with van der Waals surface area (Å²) in [7, 11) is 0. The molecule has 164 valence electrons. The van der Waals surface area contributed by atoms with Gasteiger partial charge in [0.15, 0.2) is 17.2 Å². The highest BCUT2D eigenvalue weighted by Crippen LogP contribution is 2.34. The van der Waals surface area contributed by atoms with Crippen LogP contribution in [0.15, 0.2) is 42.9 Å². The summed E-state index contributed by atoms with van der Waals surface area (Å²) in [5, 5.41) is 3.60. The zero-order chi connectivity index (χ0) is 22.2. The molecule has 4 heterocycles. The van der Waals surface area contributed by atoms with Gasteiger partial charge in [0.2, 0.25) is 0 Å². The Kier molecular flexibility index (Phi) is 5.31. The van der Waals surface area contributed by atoms with E-state index in [-0.39, 0.29) is 18.2 Å². The van der Waals surface area contributed by atoms with Crippen molar-refractivity contribution in [1.29, 1.82) is 0 Å². The molecule has 31 heavy (non-hydrogen) atoms.